The summed E-state index contributed by atoms with van der Waals surface area (Å²) in [6.07, 6.45) is 0.0246. The van der Waals surface area contributed by atoms with Gasteiger partial charge < -0.3 is 9.84 Å². The summed E-state index contributed by atoms with van der Waals surface area (Å²) in [5.74, 6) is 0. The van der Waals surface area contributed by atoms with Crippen molar-refractivity contribution < 1.29 is 14.6 Å². The summed E-state index contributed by atoms with van der Waals surface area (Å²) in [4.78, 5) is 15.2. The van der Waals surface area contributed by atoms with Crippen molar-refractivity contribution in [3.63, 3.8) is 0 Å². The van der Waals surface area contributed by atoms with E-state index < -0.39 is 6.10 Å². The molecule has 0 aliphatic carbocycles. The van der Waals surface area contributed by atoms with Gasteiger partial charge in [0.05, 0.1) is 17.2 Å². The zero-order chi connectivity index (χ0) is 10.6. The second-order valence-electron chi connectivity index (χ2n) is 2.79. The first-order valence-electron chi connectivity index (χ1n) is 4.37. The van der Waals surface area contributed by atoms with E-state index in [0.717, 1.165) is 6.29 Å². The predicted octanol–water partition coefficient (Wildman–Crippen LogP) is 1.33. The number of hydrogen-bond donors (Lipinski definition) is 1. The zero-order valence-corrected chi connectivity index (χ0v) is 9.00. The maximum atomic E-state index is 10.5. The maximum Gasteiger partial charge on any atom is 0.161 e. The van der Waals surface area contributed by atoms with Gasteiger partial charge in [-0.05, 0) is 13.8 Å². The van der Waals surface area contributed by atoms with Crippen molar-refractivity contribution in [1.29, 1.82) is 0 Å². The first kappa shape index (κ1) is 11.3. The lowest BCUT2D eigenvalue weighted by atomic mass is 10.4. The lowest BCUT2D eigenvalue weighted by Gasteiger charge is -2.05. The van der Waals surface area contributed by atoms with Gasteiger partial charge in [-0.3, -0.25) is 4.79 Å². The summed E-state index contributed by atoms with van der Waals surface area (Å²) >= 11 is 1.21. The molecule has 1 heterocycles. The number of thiazole rings is 1. The van der Waals surface area contributed by atoms with Crippen LogP contribution in [0.3, 0.4) is 0 Å². The third-order valence-corrected chi connectivity index (χ3v) is 2.91. The van der Waals surface area contributed by atoms with E-state index in [1.807, 2.05) is 6.92 Å². The number of carbonyl (C=O) groups excluding carboxylic acids is 1. The van der Waals surface area contributed by atoms with Gasteiger partial charge in [-0.25, -0.2) is 4.98 Å². The van der Waals surface area contributed by atoms with Crippen LogP contribution in [0.5, 0.6) is 0 Å². The normalized spacial score (nSPS) is 12.8. The number of rotatable bonds is 5. The lowest BCUT2D eigenvalue weighted by Crippen LogP contribution is -2.06. The molecule has 14 heavy (non-hydrogen) atoms. The van der Waals surface area contributed by atoms with Crippen LogP contribution >= 0.6 is 11.3 Å². The molecule has 78 valence electrons. The fraction of sp³-hybridized carbons (Fsp3) is 0.556. The van der Waals surface area contributed by atoms with Gasteiger partial charge in [0.2, 0.25) is 0 Å². The van der Waals surface area contributed by atoms with E-state index in [2.05, 4.69) is 4.98 Å². The largest absolute Gasteiger partial charge is 0.383 e. The molecule has 1 unspecified atom stereocenters. The monoisotopic (exact) mass is 215 g/mol. The molecule has 0 fully saturated rings. The molecule has 1 rings (SSSR count). The van der Waals surface area contributed by atoms with Gasteiger partial charge >= 0.3 is 0 Å². The molecule has 0 bridgehead atoms. The van der Waals surface area contributed by atoms with E-state index in [9.17, 15) is 9.90 Å². The summed E-state index contributed by atoms with van der Waals surface area (Å²) in [7, 11) is 0. The minimum atomic E-state index is -0.729. The molecule has 0 amide bonds. The Morgan fingerprint density at radius 2 is 2.43 bits per heavy atom. The number of aromatic nitrogens is 1. The molecule has 0 saturated heterocycles. The highest BCUT2D eigenvalue weighted by atomic mass is 32.1. The molecule has 1 aromatic rings. The van der Waals surface area contributed by atoms with E-state index in [4.69, 9.17) is 4.74 Å². The second kappa shape index (κ2) is 5.19. The average Bonchev–Trinajstić information content (AvgIpc) is 2.56. The first-order chi connectivity index (χ1) is 6.69. The fourth-order valence-corrected chi connectivity index (χ4v) is 1.84. The van der Waals surface area contributed by atoms with Gasteiger partial charge in [0, 0.05) is 6.61 Å². The van der Waals surface area contributed by atoms with Crippen molar-refractivity contribution in [2.24, 2.45) is 0 Å². The number of aliphatic hydroxyl groups excluding tert-OH is 1. The Labute approximate surface area is 86.6 Å². The lowest BCUT2D eigenvalue weighted by molar-refractivity contribution is 0.0418. The van der Waals surface area contributed by atoms with Gasteiger partial charge in [-0.15, -0.1) is 11.3 Å². The molecule has 0 aromatic carbocycles. The molecule has 0 aliphatic heterocycles. The third kappa shape index (κ3) is 2.60. The Bertz CT molecular complexity index is 311. The Hall–Kier alpha value is -0.780. The van der Waals surface area contributed by atoms with E-state index in [-0.39, 0.29) is 6.61 Å². The van der Waals surface area contributed by atoms with Crippen LogP contribution in [0.1, 0.15) is 33.4 Å². The standard InChI is InChI=1S/C9H13NO3S/c1-3-13-5-7(12)9-10-6(2)8(4-11)14-9/h4,7,12H,3,5H2,1-2H3. The molecule has 1 N–H and O–H groups in total. The second-order valence-corrected chi connectivity index (χ2v) is 3.86. The van der Waals surface area contributed by atoms with Gasteiger partial charge in [0.25, 0.3) is 0 Å². The van der Waals surface area contributed by atoms with Crippen molar-refractivity contribution in [2.75, 3.05) is 13.2 Å². The maximum absolute atomic E-state index is 10.5. The van der Waals surface area contributed by atoms with E-state index in [1.165, 1.54) is 11.3 Å². The number of aldehydes is 1. The minimum absolute atomic E-state index is 0.224. The van der Waals surface area contributed by atoms with Gasteiger partial charge in [-0.2, -0.15) is 0 Å². The van der Waals surface area contributed by atoms with Crippen molar-refractivity contribution in [1.82, 2.24) is 4.98 Å². The highest BCUT2D eigenvalue weighted by molar-refractivity contribution is 7.13. The van der Waals surface area contributed by atoms with Crippen LogP contribution in [-0.4, -0.2) is 29.6 Å². The van der Waals surface area contributed by atoms with Crippen LogP contribution in [0.4, 0.5) is 0 Å². The Balaban J connectivity index is 2.70. The molecular formula is C9H13NO3S. The van der Waals surface area contributed by atoms with Crippen molar-refractivity contribution in [2.45, 2.75) is 20.0 Å². The highest BCUT2D eigenvalue weighted by Crippen LogP contribution is 2.22. The smallest absolute Gasteiger partial charge is 0.161 e. The predicted molar refractivity (Wildman–Crippen MR) is 53.7 cm³/mol. The van der Waals surface area contributed by atoms with Crippen molar-refractivity contribution >= 4 is 17.6 Å². The Kier molecular flexibility index (Phi) is 4.19. The van der Waals surface area contributed by atoms with Gasteiger partial charge in [0.15, 0.2) is 6.29 Å². The number of aliphatic hydroxyl groups is 1. The summed E-state index contributed by atoms with van der Waals surface area (Å²) in [6, 6.07) is 0. The molecule has 1 aromatic heterocycles. The zero-order valence-electron chi connectivity index (χ0n) is 8.19. The molecule has 0 spiro atoms. The molecular weight excluding hydrogens is 202 g/mol. The van der Waals surface area contributed by atoms with Crippen molar-refractivity contribution in [3.8, 4) is 0 Å². The van der Waals surface area contributed by atoms with Crippen LogP contribution in [0.25, 0.3) is 0 Å². The topological polar surface area (TPSA) is 59.4 Å². The number of ether oxygens (including phenoxy) is 1. The number of nitrogens with zero attached hydrogens (tertiary/aromatic N) is 1. The van der Waals surface area contributed by atoms with Crippen LogP contribution in [0, 0.1) is 6.92 Å². The van der Waals surface area contributed by atoms with Gasteiger partial charge in [0.1, 0.15) is 11.1 Å². The number of hydrogen-bond acceptors (Lipinski definition) is 5. The van der Waals surface area contributed by atoms with Gasteiger partial charge in [-0.1, -0.05) is 0 Å². The first-order valence-corrected chi connectivity index (χ1v) is 5.19. The van der Waals surface area contributed by atoms with E-state index >= 15 is 0 Å². The molecule has 0 aliphatic rings. The molecule has 5 heteroatoms. The van der Waals surface area contributed by atoms with E-state index in [1.54, 1.807) is 6.92 Å². The average molecular weight is 215 g/mol. The van der Waals surface area contributed by atoms with E-state index in [0.29, 0.717) is 22.2 Å². The quantitative estimate of drug-likeness (QED) is 0.753. The van der Waals surface area contributed by atoms with Crippen LogP contribution < -0.4 is 0 Å². The fourth-order valence-electron chi connectivity index (χ4n) is 0.982. The Morgan fingerprint density at radius 1 is 1.71 bits per heavy atom. The number of carbonyl (C=O) groups is 1. The molecule has 1 atom stereocenters. The summed E-state index contributed by atoms with van der Waals surface area (Å²) < 4.78 is 5.06. The van der Waals surface area contributed by atoms with Crippen LogP contribution in [0.15, 0.2) is 0 Å². The minimum Gasteiger partial charge on any atom is -0.383 e. The number of aryl methyl sites for hydroxylation is 1. The summed E-state index contributed by atoms with van der Waals surface area (Å²) in [5, 5.41) is 10.1. The van der Waals surface area contributed by atoms with Crippen LogP contribution in [0.2, 0.25) is 0 Å². The SMILES string of the molecule is CCOCC(O)c1nc(C)c(C=O)s1. The summed E-state index contributed by atoms with van der Waals surface area (Å²) in [5.41, 5.74) is 0.663. The van der Waals surface area contributed by atoms with Crippen molar-refractivity contribution in [3.05, 3.63) is 15.6 Å². The molecule has 4 nitrogen and oxygen atoms in total. The molecule has 0 saturated carbocycles. The van der Waals surface area contributed by atoms with Crippen LogP contribution in [-0.2, 0) is 4.74 Å². The Morgan fingerprint density at radius 3 is 2.93 bits per heavy atom. The third-order valence-electron chi connectivity index (χ3n) is 1.72. The molecule has 0 radical (unpaired) electrons. The highest BCUT2D eigenvalue weighted by Gasteiger charge is 2.14. The summed E-state index contributed by atoms with van der Waals surface area (Å²) in [6.45, 7) is 4.39.